The van der Waals surface area contributed by atoms with Crippen LogP contribution in [0.5, 0.6) is 17.2 Å². The van der Waals surface area contributed by atoms with Gasteiger partial charge in [-0.2, -0.15) is 0 Å². The number of carbonyl (C=O) groups excluding carboxylic acids is 2. The van der Waals surface area contributed by atoms with Gasteiger partial charge in [0.1, 0.15) is 24.8 Å². The molecule has 0 spiro atoms. The van der Waals surface area contributed by atoms with Crippen LogP contribution in [0.1, 0.15) is 22.8 Å². The number of ether oxygens (including phenoxy) is 3. The number of carbonyl (C=O) groups is 2. The number of para-hydroxylation sites is 1. The summed E-state index contributed by atoms with van der Waals surface area (Å²) in [5, 5.41) is 4.97. The van der Waals surface area contributed by atoms with Gasteiger partial charge >= 0.3 is 0 Å². The highest BCUT2D eigenvalue weighted by molar-refractivity contribution is 6.03. The SMILES string of the molecule is CCOc1cc(/C=C/C(=O)Nc2ccc(F)c(C(=O)NC)c2)ccc1OCCOc1ccccc1. The zero-order valence-electron chi connectivity index (χ0n) is 19.5. The van der Waals surface area contributed by atoms with E-state index >= 15 is 0 Å². The molecule has 0 bridgehead atoms. The molecule has 3 rings (SSSR count). The van der Waals surface area contributed by atoms with Crippen LogP contribution < -0.4 is 24.8 Å². The minimum atomic E-state index is -0.671. The fourth-order valence-electron chi connectivity index (χ4n) is 3.11. The Kier molecular flexibility index (Phi) is 9.24. The number of anilines is 1. The third-order valence-corrected chi connectivity index (χ3v) is 4.75. The van der Waals surface area contributed by atoms with E-state index in [1.807, 2.05) is 37.3 Å². The molecule has 2 amide bonds. The zero-order valence-corrected chi connectivity index (χ0v) is 19.5. The molecule has 0 aromatic heterocycles. The molecule has 0 radical (unpaired) electrons. The Labute approximate surface area is 203 Å². The van der Waals surface area contributed by atoms with Crippen molar-refractivity contribution in [1.82, 2.24) is 5.32 Å². The van der Waals surface area contributed by atoms with Gasteiger partial charge in [0.25, 0.3) is 5.91 Å². The molecule has 182 valence electrons. The molecule has 0 saturated heterocycles. The second kappa shape index (κ2) is 12.8. The molecule has 7 nitrogen and oxygen atoms in total. The van der Waals surface area contributed by atoms with Gasteiger partial charge in [0.2, 0.25) is 5.91 Å². The van der Waals surface area contributed by atoms with Crippen molar-refractivity contribution in [3.63, 3.8) is 0 Å². The van der Waals surface area contributed by atoms with Crippen LogP contribution >= 0.6 is 0 Å². The Morgan fingerprint density at radius 3 is 2.43 bits per heavy atom. The maximum atomic E-state index is 13.8. The summed E-state index contributed by atoms with van der Waals surface area (Å²) in [6.07, 6.45) is 2.95. The van der Waals surface area contributed by atoms with Crippen LogP contribution in [0.2, 0.25) is 0 Å². The van der Waals surface area contributed by atoms with E-state index in [9.17, 15) is 14.0 Å². The van der Waals surface area contributed by atoms with E-state index in [1.165, 1.54) is 25.3 Å². The average Bonchev–Trinajstić information content (AvgIpc) is 2.87. The van der Waals surface area contributed by atoms with Gasteiger partial charge < -0.3 is 24.8 Å². The molecule has 2 N–H and O–H groups in total. The molecule has 3 aromatic rings. The van der Waals surface area contributed by atoms with Crippen molar-refractivity contribution in [2.45, 2.75) is 6.92 Å². The molecule has 35 heavy (non-hydrogen) atoms. The zero-order chi connectivity index (χ0) is 25.0. The lowest BCUT2D eigenvalue weighted by Gasteiger charge is -2.13. The van der Waals surface area contributed by atoms with E-state index in [4.69, 9.17) is 14.2 Å². The Bertz CT molecular complexity index is 1180. The lowest BCUT2D eigenvalue weighted by molar-refractivity contribution is -0.111. The summed E-state index contributed by atoms with van der Waals surface area (Å²) in [5.74, 6) is 0.199. The Morgan fingerprint density at radius 2 is 1.69 bits per heavy atom. The number of halogens is 1. The molecule has 8 heteroatoms. The van der Waals surface area contributed by atoms with Crippen LogP contribution in [0.25, 0.3) is 6.08 Å². The predicted octanol–water partition coefficient (Wildman–Crippen LogP) is 4.69. The van der Waals surface area contributed by atoms with Crippen molar-refractivity contribution in [1.29, 1.82) is 0 Å². The molecule has 0 aliphatic carbocycles. The highest BCUT2D eigenvalue weighted by Gasteiger charge is 2.12. The third kappa shape index (κ3) is 7.60. The monoisotopic (exact) mass is 478 g/mol. The van der Waals surface area contributed by atoms with Gasteiger partial charge in [0.05, 0.1) is 12.2 Å². The fourth-order valence-corrected chi connectivity index (χ4v) is 3.11. The Morgan fingerprint density at radius 1 is 0.914 bits per heavy atom. The van der Waals surface area contributed by atoms with Gasteiger partial charge in [-0.25, -0.2) is 4.39 Å². The van der Waals surface area contributed by atoms with Crippen LogP contribution in [0, 0.1) is 5.82 Å². The number of amides is 2. The van der Waals surface area contributed by atoms with Crippen LogP contribution in [-0.4, -0.2) is 38.7 Å². The lowest BCUT2D eigenvalue weighted by atomic mass is 10.1. The minimum Gasteiger partial charge on any atom is -0.490 e. The number of rotatable bonds is 11. The van der Waals surface area contributed by atoms with Crippen molar-refractivity contribution in [2.75, 3.05) is 32.2 Å². The summed E-state index contributed by atoms with van der Waals surface area (Å²) >= 11 is 0. The van der Waals surface area contributed by atoms with E-state index in [0.717, 1.165) is 17.4 Å². The number of benzene rings is 3. The predicted molar refractivity (Wildman–Crippen MR) is 132 cm³/mol. The number of hydrogen-bond acceptors (Lipinski definition) is 5. The molecular weight excluding hydrogens is 451 g/mol. The Balaban J connectivity index is 1.60. The van der Waals surface area contributed by atoms with Gasteiger partial charge in [-0.3, -0.25) is 9.59 Å². The second-order valence-electron chi connectivity index (χ2n) is 7.25. The summed E-state index contributed by atoms with van der Waals surface area (Å²) in [6, 6.07) is 18.6. The molecule has 0 aliphatic heterocycles. The summed E-state index contributed by atoms with van der Waals surface area (Å²) in [7, 11) is 1.40. The normalized spacial score (nSPS) is 10.6. The summed E-state index contributed by atoms with van der Waals surface area (Å²) < 4.78 is 30.9. The maximum absolute atomic E-state index is 13.8. The smallest absolute Gasteiger partial charge is 0.254 e. The molecule has 0 unspecified atom stereocenters. The van der Waals surface area contributed by atoms with Gasteiger partial charge in [-0.1, -0.05) is 24.3 Å². The Hall–Kier alpha value is -4.33. The molecule has 0 atom stereocenters. The van der Waals surface area contributed by atoms with Crippen LogP contribution in [-0.2, 0) is 4.79 Å². The standard InChI is InChI=1S/C27H27FN2O5/c1-3-33-25-17-19(9-13-24(25)35-16-15-34-21-7-5-4-6-8-21)10-14-26(31)30-20-11-12-23(28)22(18-20)27(32)29-2/h4-14,17-18H,3,15-16H2,1-2H3,(H,29,32)(H,30,31)/b14-10+. The summed E-state index contributed by atoms with van der Waals surface area (Å²) in [5.41, 5.74) is 0.873. The average molecular weight is 479 g/mol. The molecular formula is C27H27FN2O5. The summed E-state index contributed by atoms with van der Waals surface area (Å²) in [4.78, 5) is 24.1. The molecule has 0 fully saturated rings. The van der Waals surface area contributed by atoms with Crippen molar-refractivity contribution in [2.24, 2.45) is 0 Å². The first-order valence-corrected chi connectivity index (χ1v) is 11.1. The first-order chi connectivity index (χ1) is 17.0. The second-order valence-corrected chi connectivity index (χ2v) is 7.25. The molecule has 0 aliphatic rings. The lowest BCUT2D eigenvalue weighted by Crippen LogP contribution is -2.19. The van der Waals surface area contributed by atoms with E-state index in [2.05, 4.69) is 10.6 Å². The quantitative estimate of drug-likeness (QED) is 0.308. The highest BCUT2D eigenvalue weighted by atomic mass is 19.1. The minimum absolute atomic E-state index is 0.152. The third-order valence-electron chi connectivity index (χ3n) is 4.75. The van der Waals surface area contributed by atoms with Crippen molar-refractivity contribution in [3.8, 4) is 17.2 Å². The van der Waals surface area contributed by atoms with E-state index < -0.39 is 17.6 Å². The molecule has 3 aromatic carbocycles. The first kappa shape index (κ1) is 25.3. The first-order valence-electron chi connectivity index (χ1n) is 11.1. The molecule has 0 saturated carbocycles. The van der Waals surface area contributed by atoms with Crippen LogP contribution in [0.3, 0.4) is 0 Å². The van der Waals surface area contributed by atoms with E-state index in [1.54, 1.807) is 24.3 Å². The van der Waals surface area contributed by atoms with E-state index in [-0.39, 0.29) is 5.56 Å². The van der Waals surface area contributed by atoms with Gasteiger partial charge in [0.15, 0.2) is 11.5 Å². The van der Waals surface area contributed by atoms with Gasteiger partial charge in [-0.15, -0.1) is 0 Å². The topological polar surface area (TPSA) is 85.9 Å². The van der Waals surface area contributed by atoms with Crippen LogP contribution in [0.15, 0.2) is 72.8 Å². The van der Waals surface area contributed by atoms with Gasteiger partial charge in [-0.05, 0) is 61.0 Å². The van der Waals surface area contributed by atoms with E-state index in [0.29, 0.717) is 37.0 Å². The van der Waals surface area contributed by atoms with Crippen molar-refractivity contribution in [3.05, 3.63) is 89.8 Å². The number of nitrogens with one attached hydrogen (secondary N) is 2. The summed E-state index contributed by atoms with van der Waals surface area (Å²) in [6.45, 7) is 3.03. The highest BCUT2D eigenvalue weighted by Crippen LogP contribution is 2.29. The largest absolute Gasteiger partial charge is 0.490 e. The molecule has 0 heterocycles. The van der Waals surface area contributed by atoms with Crippen molar-refractivity contribution < 1.29 is 28.2 Å². The van der Waals surface area contributed by atoms with Crippen LogP contribution in [0.4, 0.5) is 10.1 Å². The van der Waals surface area contributed by atoms with Crippen molar-refractivity contribution >= 4 is 23.6 Å². The maximum Gasteiger partial charge on any atom is 0.254 e. The fraction of sp³-hybridized carbons (Fsp3) is 0.185. The number of hydrogen-bond donors (Lipinski definition) is 2. The van der Waals surface area contributed by atoms with Gasteiger partial charge in [0, 0.05) is 18.8 Å².